The van der Waals surface area contributed by atoms with Crippen molar-refractivity contribution < 1.29 is 4.79 Å². The fourth-order valence-corrected chi connectivity index (χ4v) is 4.07. The van der Waals surface area contributed by atoms with Crippen LogP contribution >= 0.6 is 11.3 Å². The molecule has 1 aromatic rings. The molecule has 2 aliphatic rings. The summed E-state index contributed by atoms with van der Waals surface area (Å²) in [5.41, 5.74) is 0. The normalized spacial score (nSPS) is 25.4. The molecule has 3 rings (SSSR count). The Kier molecular flexibility index (Phi) is 4.38. The van der Waals surface area contributed by atoms with Crippen LogP contribution in [0.1, 0.15) is 30.7 Å². The monoisotopic (exact) mass is 293 g/mol. The van der Waals surface area contributed by atoms with Crippen molar-refractivity contribution in [2.45, 2.75) is 31.8 Å². The highest BCUT2D eigenvalue weighted by atomic mass is 32.1. The molecule has 2 heterocycles. The molecule has 1 saturated heterocycles. The zero-order valence-electron chi connectivity index (χ0n) is 12.0. The Balaban J connectivity index is 1.81. The van der Waals surface area contributed by atoms with E-state index in [2.05, 4.69) is 33.0 Å². The summed E-state index contributed by atoms with van der Waals surface area (Å²) in [5.74, 6) is 0.908. The van der Waals surface area contributed by atoms with Gasteiger partial charge in [0.05, 0.1) is 0 Å². The maximum atomic E-state index is 12.3. The van der Waals surface area contributed by atoms with E-state index in [0.29, 0.717) is 12.6 Å². The Labute approximate surface area is 124 Å². The second-order valence-corrected chi connectivity index (χ2v) is 6.63. The SMILES string of the molecule is CCNC(=O)C1CNCCN1C(c1cccs1)C1CC1. The fraction of sp³-hybridized carbons (Fsp3) is 0.667. The van der Waals surface area contributed by atoms with E-state index in [4.69, 9.17) is 0 Å². The molecule has 0 spiro atoms. The van der Waals surface area contributed by atoms with Crippen molar-refractivity contribution in [3.05, 3.63) is 22.4 Å². The summed E-state index contributed by atoms with van der Waals surface area (Å²) >= 11 is 1.83. The number of thiophene rings is 1. The second-order valence-electron chi connectivity index (χ2n) is 5.65. The van der Waals surface area contributed by atoms with E-state index >= 15 is 0 Å². The minimum atomic E-state index is -0.0311. The Bertz CT molecular complexity index is 444. The predicted molar refractivity (Wildman–Crippen MR) is 81.8 cm³/mol. The minimum Gasteiger partial charge on any atom is -0.355 e. The van der Waals surface area contributed by atoms with Crippen molar-refractivity contribution in [2.24, 2.45) is 5.92 Å². The van der Waals surface area contributed by atoms with Crippen LogP contribution in [0, 0.1) is 5.92 Å². The van der Waals surface area contributed by atoms with E-state index in [0.717, 1.165) is 25.6 Å². The Morgan fingerprint density at radius 1 is 1.60 bits per heavy atom. The lowest BCUT2D eigenvalue weighted by Crippen LogP contribution is -2.58. The summed E-state index contributed by atoms with van der Waals surface area (Å²) in [6.45, 7) is 5.39. The largest absolute Gasteiger partial charge is 0.355 e. The molecule has 1 amide bonds. The molecule has 5 heteroatoms. The molecule has 4 nitrogen and oxygen atoms in total. The molecule has 0 radical (unpaired) electrons. The smallest absolute Gasteiger partial charge is 0.238 e. The molecule has 2 fully saturated rings. The van der Waals surface area contributed by atoms with Crippen molar-refractivity contribution in [3.63, 3.8) is 0 Å². The van der Waals surface area contributed by atoms with Gasteiger partial charge < -0.3 is 10.6 Å². The third-order valence-electron chi connectivity index (χ3n) is 4.20. The number of nitrogens with zero attached hydrogens (tertiary/aromatic N) is 1. The van der Waals surface area contributed by atoms with Crippen molar-refractivity contribution in [1.29, 1.82) is 0 Å². The van der Waals surface area contributed by atoms with E-state index in [1.54, 1.807) is 0 Å². The van der Waals surface area contributed by atoms with Crippen molar-refractivity contribution in [3.8, 4) is 0 Å². The van der Waals surface area contributed by atoms with E-state index in [1.807, 2.05) is 18.3 Å². The van der Waals surface area contributed by atoms with Gasteiger partial charge in [-0.25, -0.2) is 0 Å². The molecule has 20 heavy (non-hydrogen) atoms. The summed E-state index contributed by atoms with van der Waals surface area (Å²) in [4.78, 5) is 16.2. The van der Waals surface area contributed by atoms with Crippen LogP contribution < -0.4 is 10.6 Å². The average molecular weight is 293 g/mol. The zero-order valence-corrected chi connectivity index (χ0v) is 12.8. The molecule has 1 saturated carbocycles. The Morgan fingerprint density at radius 3 is 3.10 bits per heavy atom. The average Bonchev–Trinajstić information content (AvgIpc) is 3.14. The number of amides is 1. The minimum absolute atomic E-state index is 0.0311. The van der Waals surface area contributed by atoms with Crippen LogP contribution in [0.15, 0.2) is 17.5 Å². The van der Waals surface area contributed by atoms with E-state index in [1.165, 1.54) is 17.7 Å². The topological polar surface area (TPSA) is 44.4 Å². The van der Waals surface area contributed by atoms with Gasteiger partial charge in [-0.15, -0.1) is 11.3 Å². The first-order valence-electron chi connectivity index (χ1n) is 7.59. The number of rotatable bonds is 5. The molecule has 2 unspecified atom stereocenters. The molecule has 1 aromatic heterocycles. The summed E-state index contributed by atoms with van der Waals surface area (Å²) < 4.78 is 0. The lowest BCUT2D eigenvalue weighted by molar-refractivity contribution is -0.128. The quantitative estimate of drug-likeness (QED) is 0.867. The van der Waals surface area contributed by atoms with E-state index in [9.17, 15) is 4.79 Å². The first-order chi connectivity index (χ1) is 9.81. The Morgan fingerprint density at radius 2 is 2.45 bits per heavy atom. The zero-order chi connectivity index (χ0) is 13.9. The highest BCUT2D eigenvalue weighted by molar-refractivity contribution is 7.10. The summed E-state index contributed by atoms with van der Waals surface area (Å²) in [6, 6.07) is 4.75. The molecule has 0 bridgehead atoms. The van der Waals surface area contributed by atoms with Crippen molar-refractivity contribution in [2.75, 3.05) is 26.2 Å². The first kappa shape index (κ1) is 14.0. The van der Waals surface area contributed by atoms with Gasteiger partial charge in [0.25, 0.3) is 0 Å². The predicted octanol–water partition coefficient (Wildman–Crippen LogP) is 1.61. The van der Waals surface area contributed by atoms with Gasteiger partial charge in [-0.2, -0.15) is 0 Å². The number of nitrogens with one attached hydrogen (secondary N) is 2. The molecular weight excluding hydrogens is 270 g/mol. The number of hydrogen-bond donors (Lipinski definition) is 2. The first-order valence-corrected chi connectivity index (χ1v) is 8.46. The molecule has 2 N–H and O–H groups in total. The van der Waals surface area contributed by atoms with Gasteiger partial charge >= 0.3 is 0 Å². The molecular formula is C15H23N3OS. The molecule has 0 aromatic carbocycles. The molecule has 110 valence electrons. The lowest BCUT2D eigenvalue weighted by atomic mass is 10.0. The van der Waals surface area contributed by atoms with Crippen LogP contribution in [-0.4, -0.2) is 43.0 Å². The fourth-order valence-electron chi connectivity index (χ4n) is 3.13. The molecule has 2 atom stereocenters. The highest BCUT2D eigenvalue weighted by Crippen LogP contribution is 2.46. The van der Waals surface area contributed by atoms with Gasteiger partial charge in [0, 0.05) is 37.1 Å². The molecule has 1 aliphatic carbocycles. The van der Waals surface area contributed by atoms with Crippen LogP contribution in [0.5, 0.6) is 0 Å². The highest BCUT2D eigenvalue weighted by Gasteiger charge is 2.42. The number of likely N-dealkylation sites (N-methyl/N-ethyl adjacent to an activating group) is 1. The second kappa shape index (κ2) is 6.24. The number of carbonyl (C=O) groups is 1. The third kappa shape index (κ3) is 2.90. The van der Waals surface area contributed by atoms with Crippen LogP contribution in [0.4, 0.5) is 0 Å². The van der Waals surface area contributed by atoms with Gasteiger partial charge in [0.1, 0.15) is 6.04 Å². The maximum absolute atomic E-state index is 12.3. The van der Waals surface area contributed by atoms with Gasteiger partial charge in [0.15, 0.2) is 0 Å². The van der Waals surface area contributed by atoms with Crippen LogP contribution in [0.25, 0.3) is 0 Å². The maximum Gasteiger partial charge on any atom is 0.238 e. The van der Waals surface area contributed by atoms with E-state index in [-0.39, 0.29) is 11.9 Å². The van der Waals surface area contributed by atoms with Gasteiger partial charge in [-0.05, 0) is 37.1 Å². The standard InChI is InChI=1S/C15H23N3OS/c1-2-17-15(19)12-10-16-7-8-18(12)14(11-5-6-11)13-4-3-9-20-13/h3-4,9,11-12,14,16H,2,5-8,10H2,1H3,(H,17,19). The van der Waals surface area contributed by atoms with Crippen LogP contribution in [0.3, 0.4) is 0 Å². The summed E-state index contributed by atoms with van der Waals surface area (Å²) in [5, 5.41) is 8.50. The Hall–Kier alpha value is -0.910. The number of hydrogen-bond acceptors (Lipinski definition) is 4. The van der Waals surface area contributed by atoms with Crippen molar-refractivity contribution in [1.82, 2.24) is 15.5 Å². The summed E-state index contributed by atoms with van der Waals surface area (Å²) in [6.07, 6.45) is 2.60. The van der Waals surface area contributed by atoms with Gasteiger partial charge in [-0.1, -0.05) is 6.07 Å². The lowest BCUT2D eigenvalue weighted by Gasteiger charge is -2.40. The number of piperazine rings is 1. The molecule has 1 aliphatic heterocycles. The van der Waals surface area contributed by atoms with Crippen LogP contribution in [0.2, 0.25) is 0 Å². The van der Waals surface area contributed by atoms with Crippen LogP contribution in [-0.2, 0) is 4.79 Å². The van der Waals surface area contributed by atoms with Gasteiger partial charge in [-0.3, -0.25) is 9.69 Å². The third-order valence-corrected chi connectivity index (χ3v) is 5.14. The van der Waals surface area contributed by atoms with Gasteiger partial charge in [0.2, 0.25) is 5.91 Å². The summed E-state index contributed by atoms with van der Waals surface area (Å²) in [7, 11) is 0. The van der Waals surface area contributed by atoms with E-state index < -0.39 is 0 Å². The number of carbonyl (C=O) groups excluding carboxylic acids is 1. The van der Waals surface area contributed by atoms with Crippen molar-refractivity contribution >= 4 is 17.2 Å².